The van der Waals surface area contributed by atoms with E-state index in [4.69, 9.17) is 0 Å². The topological polar surface area (TPSA) is 49.4 Å². The Hall–Kier alpha value is -1.84. The fourth-order valence-electron chi connectivity index (χ4n) is 3.73. The monoisotopic (exact) mass is 328 g/mol. The van der Waals surface area contributed by atoms with Crippen LogP contribution in [-0.4, -0.2) is 29.8 Å². The summed E-state index contributed by atoms with van der Waals surface area (Å²) in [6.07, 6.45) is 7.64. The van der Waals surface area contributed by atoms with Crippen molar-refractivity contribution in [2.75, 3.05) is 18.4 Å². The maximum atomic E-state index is 12.7. The van der Waals surface area contributed by atoms with Crippen LogP contribution in [0.25, 0.3) is 0 Å². The van der Waals surface area contributed by atoms with E-state index in [2.05, 4.69) is 12.2 Å². The zero-order valence-electron chi connectivity index (χ0n) is 14.6. The first-order valence-electron chi connectivity index (χ1n) is 9.33. The van der Waals surface area contributed by atoms with Crippen molar-refractivity contribution >= 4 is 17.5 Å². The Bertz CT molecular complexity index is 585. The maximum absolute atomic E-state index is 12.7. The molecule has 24 heavy (non-hydrogen) atoms. The minimum absolute atomic E-state index is 0.0793. The van der Waals surface area contributed by atoms with Crippen molar-refractivity contribution in [1.82, 2.24) is 4.90 Å². The molecule has 3 rings (SSSR count). The van der Waals surface area contributed by atoms with Crippen molar-refractivity contribution in [3.8, 4) is 0 Å². The van der Waals surface area contributed by atoms with E-state index in [0.717, 1.165) is 57.3 Å². The van der Waals surface area contributed by atoms with Crippen LogP contribution in [0.2, 0.25) is 0 Å². The summed E-state index contributed by atoms with van der Waals surface area (Å²) < 4.78 is 0. The van der Waals surface area contributed by atoms with E-state index < -0.39 is 0 Å². The van der Waals surface area contributed by atoms with E-state index >= 15 is 0 Å². The standard InChI is InChI=1S/C20H28N2O2/c1-15-10-12-22(13-11-15)20(24)17-8-5-9-18(14-17)21-19(23)16-6-3-2-4-7-16/h5,8-9,14-16H,2-4,6-7,10-13H2,1H3,(H,21,23). The first-order chi connectivity index (χ1) is 11.6. The van der Waals surface area contributed by atoms with Crippen LogP contribution in [0.15, 0.2) is 24.3 Å². The Morgan fingerprint density at radius 1 is 1.04 bits per heavy atom. The third-order valence-corrected chi connectivity index (χ3v) is 5.42. The van der Waals surface area contributed by atoms with Gasteiger partial charge in [0.1, 0.15) is 0 Å². The van der Waals surface area contributed by atoms with Gasteiger partial charge in [0, 0.05) is 30.3 Å². The Morgan fingerprint density at radius 3 is 2.46 bits per heavy atom. The quantitative estimate of drug-likeness (QED) is 0.909. The van der Waals surface area contributed by atoms with E-state index in [1.54, 1.807) is 0 Å². The molecule has 1 saturated heterocycles. The molecule has 1 aromatic carbocycles. The van der Waals surface area contributed by atoms with Crippen LogP contribution in [0.3, 0.4) is 0 Å². The molecule has 1 N–H and O–H groups in total. The maximum Gasteiger partial charge on any atom is 0.253 e. The lowest BCUT2D eigenvalue weighted by Crippen LogP contribution is -2.37. The zero-order valence-corrected chi connectivity index (χ0v) is 14.6. The van der Waals surface area contributed by atoms with Crippen LogP contribution in [0.1, 0.15) is 62.2 Å². The highest BCUT2D eigenvalue weighted by molar-refractivity contribution is 5.97. The highest BCUT2D eigenvalue weighted by Gasteiger charge is 2.23. The van der Waals surface area contributed by atoms with Gasteiger partial charge in [-0.2, -0.15) is 0 Å². The molecule has 130 valence electrons. The molecule has 1 aliphatic heterocycles. The van der Waals surface area contributed by atoms with Crippen molar-refractivity contribution in [3.05, 3.63) is 29.8 Å². The smallest absolute Gasteiger partial charge is 0.253 e. The number of amides is 2. The molecule has 4 nitrogen and oxygen atoms in total. The molecule has 2 fully saturated rings. The molecule has 0 spiro atoms. The van der Waals surface area contributed by atoms with Crippen LogP contribution in [-0.2, 0) is 4.79 Å². The summed E-state index contributed by atoms with van der Waals surface area (Å²) in [6.45, 7) is 3.90. The van der Waals surface area contributed by atoms with Gasteiger partial charge in [-0.05, 0) is 49.8 Å². The van der Waals surface area contributed by atoms with Crippen molar-refractivity contribution < 1.29 is 9.59 Å². The van der Waals surface area contributed by atoms with Crippen molar-refractivity contribution in [3.63, 3.8) is 0 Å². The molecular weight excluding hydrogens is 300 g/mol. The van der Waals surface area contributed by atoms with Gasteiger partial charge in [0.2, 0.25) is 5.91 Å². The van der Waals surface area contributed by atoms with Gasteiger partial charge in [0.15, 0.2) is 0 Å². The second-order valence-corrected chi connectivity index (χ2v) is 7.38. The minimum atomic E-state index is 0.0793. The lowest BCUT2D eigenvalue weighted by atomic mass is 9.88. The van der Waals surface area contributed by atoms with Crippen LogP contribution >= 0.6 is 0 Å². The summed E-state index contributed by atoms with van der Waals surface area (Å²) in [6, 6.07) is 7.39. The van der Waals surface area contributed by atoms with Crippen LogP contribution in [0.4, 0.5) is 5.69 Å². The van der Waals surface area contributed by atoms with E-state index in [1.807, 2.05) is 29.2 Å². The van der Waals surface area contributed by atoms with Crippen molar-refractivity contribution in [2.45, 2.75) is 51.9 Å². The number of anilines is 1. The molecule has 4 heteroatoms. The number of piperidine rings is 1. The van der Waals surface area contributed by atoms with E-state index in [1.165, 1.54) is 6.42 Å². The predicted molar refractivity (Wildman–Crippen MR) is 95.9 cm³/mol. The normalized spacial score (nSPS) is 20.0. The summed E-state index contributed by atoms with van der Waals surface area (Å²) in [4.78, 5) is 27.0. The van der Waals surface area contributed by atoms with Gasteiger partial charge in [-0.3, -0.25) is 9.59 Å². The van der Waals surface area contributed by atoms with Crippen LogP contribution in [0, 0.1) is 11.8 Å². The first kappa shape index (κ1) is 17.0. The molecule has 0 aromatic heterocycles. The van der Waals surface area contributed by atoms with Gasteiger partial charge in [-0.15, -0.1) is 0 Å². The molecule has 1 aromatic rings. The summed E-state index contributed by atoms with van der Waals surface area (Å²) >= 11 is 0. The fourth-order valence-corrected chi connectivity index (χ4v) is 3.73. The summed E-state index contributed by atoms with van der Waals surface area (Å²) in [7, 11) is 0. The summed E-state index contributed by atoms with van der Waals surface area (Å²) in [5.41, 5.74) is 1.41. The second kappa shape index (κ2) is 7.82. The summed E-state index contributed by atoms with van der Waals surface area (Å²) in [5.74, 6) is 1.01. The summed E-state index contributed by atoms with van der Waals surface area (Å²) in [5, 5.41) is 3.01. The Balaban J connectivity index is 1.63. The van der Waals surface area contributed by atoms with E-state index in [-0.39, 0.29) is 17.7 Å². The molecule has 0 atom stereocenters. The molecule has 1 heterocycles. The van der Waals surface area contributed by atoms with Crippen molar-refractivity contribution in [2.24, 2.45) is 11.8 Å². The molecule has 0 bridgehead atoms. The molecule has 1 saturated carbocycles. The van der Waals surface area contributed by atoms with E-state index in [0.29, 0.717) is 11.5 Å². The number of nitrogens with zero attached hydrogens (tertiary/aromatic N) is 1. The third-order valence-electron chi connectivity index (χ3n) is 5.42. The van der Waals surface area contributed by atoms with E-state index in [9.17, 15) is 9.59 Å². The predicted octanol–water partition coefficient (Wildman–Crippen LogP) is 4.08. The van der Waals surface area contributed by atoms with Crippen LogP contribution < -0.4 is 5.32 Å². The van der Waals surface area contributed by atoms with Crippen LogP contribution in [0.5, 0.6) is 0 Å². The van der Waals surface area contributed by atoms with Gasteiger partial charge in [-0.25, -0.2) is 0 Å². The molecular formula is C20H28N2O2. The van der Waals surface area contributed by atoms with Gasteiger partial charge in [0.25, 0.3) is 5.91 Å². The Labute approximate surface area is 144 Å². The molecule has 1 aliphatic carbocycles. The van der Waals surface area contributed by atoms with Gasteiger partial charge in [-0.1, -0.05) is 32.3 Å². The number of likely N-dealkylation sites (tertiary alicyclic amines) is 1. The number of nitrogens with one attached hydrogen (secondary N) is 1. The molecule has 0 unspecified atom stereocenters. The number of benzene rings is 1. The number of carbonyl (C=O) groups is 2. The average Bonchev–Trinajstić information content (AvgIpc) is 2.63. The molecule has 2 amide bonds. The number of rotatable bonds is 3. The van der Waals surface area contributed by atoms with Gasteiger partial charge < -0.3 is 10.2 Å². The molecule has 0 radical (unpaired) electrons. The SMILES string of the molecule is CC1CCN(C(=O)c2cccc(NC(=O)C3CCCCC3)c2)CC1. The first-order valence-corrected chi connectivity index (χ1v) is 9.33. The highest BCUT2D eigenvalue weighted by atomic mass is 16.2. The minimum Gasteiger partial charge on any atom is -0.339 e. The Morgan fingerprint density at radius 2 is 1.75 bits per heavy atom. The van der Waals surface area contributed by atoms with Gasteiger partial charge >= 0.3 is 0 Å². The molecule has 2 aliphatic rings. The number of hydrogen-bond donors (Lipinski definition) is 1. The highest BCUT2D eigenvalue weighted by Crippen LogP contribution is 2.25. The largest absolute Gasteiger partial charge is 0.339 e. The third kappa shape index (κ3) is 4.16. The van der Waals surface area contributed by atoms with Gasteiger partial charge in [0.05, 0.1) is 0 Å². The number of carbonyl (C=O) groups excluding carboxylic acids is 2. The second-order valence-electron chi connectivity index (χ2n) is 7.38. The average molecular weight is 328 g/mol. The Kier molecular flexibility index (Phi) is 5.54. The van der Waals surface area contributed by atoms with Crippen molar-refractivity contribution in [1.29, 1.82) is 0 Å². The number of hydrogen-bond acceptors (Lipinski definition) is 2. The zero-order chi connectivity index (χ0) is 16.9. The fraction of sp³-hybridized carbons (Fsp3) is 0.600. The lowest BCUT2D eigenvalue weighted by molar-refractivity contribution is -0.120. The lowest BCUT2D eigenvalue weighted by Gasteiger charge is -2.30.